The first-order valence-electron chi connectivity index (χ1n) is 4.58. The van der Waals surface area contributed by atoms with Crippen LogP contribution in [0.4, 0.5) is 0 Å². The summed E-state index contributed by atoms with van der Waals surface area (Å²) in [6.07, 6.45) is 12.1. The van der Waals surface area contributed by atoms with Crippen molar-refractivity contribution in [1.29, 1.82) is 0 Å². The maximum Gasteiger partial charge on any atom is 0.129 e. The maximum atomic E-state index is 10.5. The first-order valence-corrected chi connectivity index (χ1v) is 4.58. The fourth-order valence-electron chi connectivity index (χ4n) is 0.858. The van der Waals surface area contributed by atoms with Gasteiger partial charge in [0, 0.05) is 6.42 Å². The molecule has 68 valence electrons. The van der Waals surface area contributed by atoms with Crippen LogP contribution in [0, 0.1) is 0 Å². The number of carbonyl (C=O) groups excluding carboxylic acids is 1. The van der Waals surface area contributed by atoms with Gasteiger partial charge in [0.05, 0.1) is 0 Å². The number of unbranched alkanes of at least 4 members (excludes halogenated alkanes) is 1. The molecule has 12 heavy (non-hydrogen) atoms. The number of rotatable bonds is 6. The third-order valence-electron chi connectivity index (χ3n) is 1.52. The fraction of sp³-hybridized carbons (Fsp3) is 0.545. The highest BCUT2D eigenvalue weighted by Gasteiger charge is 1.89. The summed E-state index contributed by atoms with van der Waals surface area (Å²) in [6, 6.07) is 0. The van der Waals surface area contributed by atoms with Crippen molar-refractivity contribution in [3.05, 3.63) is 24.3 Å². The highest BCUT2D eigenvalue weighted by atomic mass is 16.1. The Hall–Kier alpha value is -0.850. The molecule has 0 saturated carbocycles. The van der Waals surface area contributed by atoms with Crippen molar-refractivity contribution in [2.24, 2.45) is 0 Å². The van der Waals surface area contributed by atoms with Gasteiger partial charge in [0.2, 0.25) is 0 Å². The smallest absolute Gasteiger partial charge is 0.129 e. The molecule has 0 aliphatic rings. The van der Waals surface area contributed by atoms with E-state index < -0.39 is 0 Å². The Balaban J connectivity index is 3.24. The molecule has 0 saturated heterocycles. The molecule has 0 atom stereocenters. The fourth-order valence-corrected chi connectivity index (χ4v) is 0.858. The maximum absolute atomic E-state index is 10.5. The lowest BCUT2D eigenvalue weighted by Crippen LogP contribution is -1.87. The average molecular weight is 166 g/mol. The summed E-state index contributed by atoms with van der Waals surface area (Å²) in [5.74, 6) is 0.285. The largest absolute Gasteiger partial charge is 0.300 e. The second-order valence-corrected chi connectivity index (χ2v) is 2.86. The first kappa shape index (κ1) is 11.2. The van der Waals surface area contributed by atoms with Crippen molar-refractivity contribution >= 4 is 5.78 Å². The van der Waals surface area contributed by atoms with E-state index in [1.165, 1.54) is 0 Å². The van der Waals surface area contributed by atoms with Gasteiger partial charge in [-0.25, -0.2) is 0 Å². The van der Waals surface area contributed by atoms with Crippen LogP contribution in [0.3, 0.4) is 0 Å². The molecule has 0 amide bonds. The minimum Gasteiger partial charge on any atom is -0.300 e. The highest BCUT2D eigenvalue weighted by Crippen LogP contribution is 1.97. The van der Waals surface area contributed by atoms with Crippen molar-refractivity contribution in [1.82, 2.24) is 0 Å². The van der Waals surface area contributed by atoms with Crippen molar-refractivity contribution in [2.45, 2.75) is 39.5 Å². The van der Waals surface area contributed by atoms with Crippen LogP contribution >= 0.6 is 0 Å². The monoisotopic (exact) mass is 166 g/mol. The van der Waals surface area contributed by atoms with Gasteiger partial charge in [-0.1, -0.05) is 31.2 Å². The summed E-state index contributed by atoms with van der Waals surface area (Å²) in [4.78, 5) is 10.5. The van der Waals surface area contributed by atoms with Gasteiger partial charge >= 0.3 is 0 Å². The zero-order valence-corrected chi connectivity index (χ0v) is 8.05. The third-order valence-corrected chi connectivity index (χ3v) is 1.52. The van der Waals surface area contributed by atoms with E-state index in [0.717, 1.165) is 19.3 Å². The van der Waals surface area contributed by atoms with Crippen LogP contribution in [-0.4, -0.2) is 5.78 Å². The molecule has 0 radical (unpaired) electrons. The molecule has 0 spiro atoms. The summed E-state index contributed by atoms with van der Waals surface area (Å²) in [6.45, 7) is 3.75. The number of ketones is 1. The number of hydrogen-bond acceptors (Lipinski definition) is 1. The molecular formula is C11H18O. The van der Waals surface area contributed by atoms with E-state index in [4.69, 9.17) is 0 Å². The Morgan fingerprint density at radius 3 is 2.50 bits per heavy atom. The molecule has 0 aliphatic carbocycles. The van der Waals surface area contributed by atoms with Crippen LogP contribution in [0.1, 0.15) is 39.5 Å². The predicted molar refractivity (Wildman–Crippen MR) is 53.1 cm³/mol. The summed E-state index contributed by atoms with van der Waals surface area (Å²) < 4.78 is 0. The van der Waals surface area contributed by atoms with Crippen LogP contribution in [-0.2, 0) is 4.79 Å². The zero-order valence-electron chi connectivity index (χ0n) is 8.05. The predicted octanol–water partition coefficient (Wildman–Crippen LogP) is 3.27. The molecule has 1 nitrogen and oxygen atoms in total. The summed E-state index contributed by atoms with van der Waals surface area (Å²) in [5, 5.41) is 0. The van der Waals surface area contributed by atoms with Crippen molar-refractivity contribution in [2.75, 3.05) is 0 Å². The number of allylic oxidation sites excluding steroid dienone is 4. The Bertz CT molecular complexity index is 166. The minimum atomic E-state index is 0.285. The van der Waals surface area contributed by atoms with Gasteiger partial charge in [-0.05, 0) is 26.2 Å². The SMILES string of the molecule is CC/C=C/C=C\CCCC(C)=O. The van der Waals surface area contributed by atoms with E-state index in [2.05, 4.69) is 19.1 Å². The zero-order chi connectivity index (χ0) is 9.23. The molecule has 0 unspecified atom stereocenters. The lowest BCUT2D eigenvalue weighted by atomic mass is 10.2. The molecule has 0 aromatic carbocycles. The minimum absolute atomic E-state index is 0.285. The summed E-state index contributed by atoms with van der Waals surface area (Å²) >= 11 is 0. The van der Waals surface area contributed by atoms with Gasteiger partial charge in [-0.15, -0.1) is 0 Å². The number of Topliss-reactive ketones (excluding diaryl/α,β-unsaturated/α-hetero) is 1. The van der Waals surface area contributed by atoms with Crippen molar-refractivity contribution in [3.8, 4) is 0 Å². The average Bonchev–Trinajstić information content (AvgIpc) is 2.02. The molecule has 0 N–H and O–H groups in total. The number of carbonyl (C=O) groups is 1. The van der Waals surface area contributed by atoms with Crippen LogP contribution in [0.5, 0.6) is 0 Å². The lowest BCUT2D eigenvalue weighted by Gasteiger charge is -1.89. The molecule has 0 aliphatic heterocycles. The van der Waals surface area contributed by atoms with E-state index in [-0.39, 0.29) is 5.78 Å². The Kier molecular flexibility index (Phi) is 7.66. The Morgan fingerprint density at radius 1 is 1.25 bits per heavy atom. The summed E-state index contributed by atoms with van der Waals surface area (Å²) in [5.41, 5.74) is 0. The molecule has 0 heterocycles. The van der Waals surface area contributed by atoms with Crippen molar-refractivity contribution < 1.29 is 4.79 Å². The summed E-state index contributed by atoms with van der Waals surface area (Å²) in [7, 11) is 0. The van der Waals surface area contributed by atoms with Gasteiger partial charge in [0.25, 0.3) is 0 Å². The first-order chi connectivity index (χ1) is 5.77. The Labute approximate surface area is 75.2 Å². The molecule has 0 fully saturated rings. The van der Waals surface area contributed by atoms with Crippen molar-refractivity contribution in [3.63, 3.8) is 0 Å². The second-order valence-electron chi connectivity index (χ2n) is 2.86. The molecular weight excluding hydrogens is 148 g/mol. The van der Waals surface area contributed by atoms with Gasteiger partial charge in [-0.2, -0.15) is 0 Å². The molecule has 0 aromatic rings. The normalized spacial score (nSPS) is 11.5. The van der Waals surface area contributed by atoms with Gasteiger partial charge in [0.15, 0.2) is 0 Å². The number of hydrogen-bond donors (Lipinski definition) is 0. The molecule has 0 bridgehead atoms. The quantitative estimate of drug-likeness (QED) is 0.437. The highest BCUT2D eigenvalue weighted by molar-refractivity contribution is 5.75. The lowest BCUT2D eigenvalue weighted by molar-refractivity contribution is -0.117. The molecule has 0 aromatic heterocycles. The molecule has 0 rings (SSSR count). The van der Waals surface area contributed by atoms with Gasteiger partial charge < -0.3 is 4.79 Å². The van der Waals surface area contributed by atoms with Crippen LogP contribution in [0.2, 0.25) is 0 Å². The molecule has 1 heteroatoms. The van der Waals surface area contributed by atoms with E-state index >= 15 is 0 Å². The second kappa shape index (κ2) is 8.25. The van der Waals surface area contributed by atoms with Crippen LogP contribution < -0.4 is 0 Å². The third kappa shape index (κ3) is 9.15. The van der Waals surface area contributed by atoms with E-state index in [1.54, 1.807) is 6.92 Å². The van der Waals surface area contributed by atoms with Gasteiger partial charge in [-0.3, -0.25) is 0 Å². The van der Waals surface area contributed by atoms with Gasteiger partial charge in [0.1, 0.15) is 5.78 Å². The Morgan fingerprint density at radius 2 is 1.92 bits per heavy atom. The van der Waals surface area contributed by atoms with E-state index in [1.807, 2.05) is 12.2 Å². The standard InChI is InChI=1S/C11H18O/c1-3-4-5-6-7-8-9-10-11(2)12/h4-7H,3,8-10H2,1-2H3/b5-4+,7-6-. The topological polar surface area (TPSA) is 17.1 Å². The van der Waals surface area contributed by atoms with Crippen LogP contribution in [0.25, 0.3) is 0 Å². The van der Waals surface area contributed by atoms with E-state index in [9.17, 15) is 4.79 Å². The van der Waals surface area contributed by atoms with E-state index in [0.29, 0.717) is 6.42 Å². The van der Waals surface area contributed by atoms with Crippen LogP contribution in [0.15, 0.2) is 24.3 Å².